The van der Waals surface area contributed by atoms with Crippen LogP contribution in [0.1, 0.15) is 16.7 Å². The Bertz CT molecular complexity index is 746. The molecule has 0 aliphatic heterocycles. The van der Waals surface area contributed by atoms with E-state index in [0.717, 1.165) is 16.7 Å². The fraction of sp³-hybridized carbons (Fsp3) is 0.263. The molecule has 0 saturated heterocycles. The van der Waals surface area contributed by atoms with Gasteiger partial charge in [-0.25, -0.2) is 0 Å². The maximum atomic E-state index is 12.3. The molecule has 0 aromatic heterocycles. The number of anilines is 1. The predicted octanol–water partition coefficient (Wildman–Crippen LogP) is 0.660. The fourth-order valence-electron chi connectivity index (χ4n) is 2.51. The number of benzene rings is 2. The maximum Gasteiger partial charge on any atom is 0.240 e. The van der Waals surface area contributed by atoms with Crippen molar-refractivity contribution in [1.82, 2.24) is 5.32 Å². The molecule has 0 bridgehead atoms. The van der Waals surface area contributed by atoms with E-state index in [4.69, 9.17) is 17.2 Å². The van der Waals surface area contributed by atoms with Crippen LogP contribution in [-0.2, 0) is 22.4 Å². The number of hydrogen-bond donors (Lipinski definition) is 4. The number of amides is 2. The van der Waals surface area contributed by atoms with E-state index in [1.807, 2.05) is 49.4 Å². The number of hydrogen-bond acceptors (Lipinski definition) is 4. The highest BCUT2D eigenvalue weighted by molar-refractivity contribution is 5.89. The molecule has 0 spiro atoms. The minimum Gasteiger partial charge on any atom is -0.399 e. The molecule has 2 unspecified atom stereocenters. The molecule has 2 atom stereocenters. The van der Waals surface area contributed by atoms with E-state index < -0.39 is 23.9 Å². The molecule has 0 saturated carbocycles. The first-order valence-electron chi connectivity index (χ1n) is 8.11. The van der Waals surface area contributed by atoms with Gasteiger partial charge in [-0.2, -0.15) is 0 Å². The third-order valence-electron chi connectivity index (χ3n) is 4.08. The van der Waals surface area contributed by atoms with Gasteiger partial charge in [-0.05, 0) is 36.1 Å². The van der Waals surface area contributed by atoms with Gasteiger partial charge >= 0.3 is 0 Å². The smallest absolute Gasteiger partial charge is 0.240 e. The average molecular weight is 340 g/mol. The third kappa shape index (κ3) is 5.32. The van der Waals surface area contributed by atoms with Crippen molar-refractivity contribution in [2.75, 3.05) is 5.73 Å². The van der Waals surface area contributed by atoms with Gasteiger partial charge < -0.3 is 22.5 Å². The Morgan fingerprint density at radius 3 is 2.32 bits per heavy atom. The van der Waals surface area contributed by atoms with Crippen molar-refractivity contribution in [3.63, 3.8) is 0 Å². The Morgan fingerprint density at radius 1 is 1.04 bits per heavy atom. The molecule has 2 aromatic carbocycles. The molecule has 0 fully saturated rings. The molecule has 0 radical (unpaired) electrons. The van der Waals surface area contributed by atoms with Crippen LogP contribution < -0.4 is 22.5 Å². The molecule has 2 rings (SSSR count). The quantitative estimate of drug-likeness (QED) is 0.553. The van der Waals surface area contributed by atoms with Gasteiger partial charge in [-0.1, -0.05) is 42.5 Å². The zero-order valence-electron chi connectivity index (χ0n) is 14.2. The Balaban J connectivity index is 1.99. The van der Waals surface area contributed by atoms with Gasteiger partial charge in [0.15, 0.2) is 0 Å². The van der Waals surface area contributed by atoms with Crippen LogP contribution in [0.15, 0.2) is 48.5 Å². The van der Waals surface area contributed by atoms with E-state index in [0.29, 0.717) is 18.5 Å². The number of carbonyl (C=O) groups excluding carboxylic acids is 2. The number of rotatable bonds is 7. The SMILES string of the molecule is Cc1ccc(CC(N)C(=O)NC(Cc2ccccc2)C(N)=O)cc1N. The Kier molecular flexibility index (Phi) is 6.14. The summed E-state index contributed by atoms with van der Waals surface area (Å²) in [6.45, 7) is 1.91. The van der Waals surface area contributed by atoms with Gasteiger partial charge in [0.1, 0.15) is 6.04 Å². The van der Waals surface area contributed by atoms with Crippen LogP contribution in [-0.4, -0.2) is 23.9 Å². The molecular weight excluding hydrogens is 316 g/mol. The summed E-state index contributed by atoms with van der Waals surface area (Å²) in [5.74, 6) is -1.01. The van der Waals surface area contributed by atoms with Crippen molar-refractivity contribution in [2.45, 2.75) is 31.8 Å². The molecule has 2 aromatic rings. The first-order valence-corrected chi connectivity index (χ1v) is 8.11. The molecule has 0 heterocycles. The van der Waals surface area contributed by atoms with E-state index in [2.05, 4.69) is 5.32 Å². The van der Waals surface area contributed by atoms with Crippen molar-refractivity contribution in [3.8, 4) is 0 Å². The van der Waals surface area contributed by atoms with Crippen molar-refractivity contribution >= 4 is 17.5 Å². The second kappa shape index (κ2) is 8.30. The monoisotopic (exact) mass is 340 g/mol. The largest absolute Gasteiger partial charge is 0.399 e. The molecule has 2 amide bonds. The molecule has 25 heavy (non-hydrogen) atoms. The van der Waals surface area contributed by atoms with E-state index in [-0.39, 0.29) is 0 Å². The lowest BCUT2D eigenvalue weighted by Crippen LogP contribution is -2.51. The molecule has 132 valence electrons. The van der Waals surface area contributed by atoms with Crippen LogP contribution in [0.25, 0.3) is 0 Å². The van der Waals surface area contributed by atoms with Crippen LogP contribution in [0, 0.1) is 6.92 Å². The Hall–Kier alpha value is -2.86. The molecule has 6 nitrogen and oxygen atoms in total. The minimum atomic E-state index is -0.802. The number of nitrogens with one attached hydrogen (secondary N) is 1. The predicted molar refractivity (Wildman–Crippen MR) is 98.5 cm³/mol. The van der Waals surface area contributed by atoms with Crippen LogP contribution >= 0.6 is 0 Å². The molecular formula is C19H24N4O2. The normalized spacial score (nSPS) is 13.0. The van der Waals surface area contributed by atoms with Gasteiger partial charge in [0.25, 0.3) is 0 Å². The van der Waals surface area contributed by atoms with Gasteiger partial charge in [0, 0.05) is 12.1 Å². The summed E-state index contributed by atoms with van der Waals surface area (Å²) in [7, 11) is 0. The topological polar surface area (TPSA) is 124 Å². The second-order valence-electron chi connectivity index (χ2n) is 6.15. The van der Waals surface area contributed by atoms with Crippen LogP contribution in [0.5, 0.6) is 0 Å². The average Bonchev–Trinajstić information content (AvgIpc) is 2.58. The summed E-state index contributed by atoms with van der Waals surface area (Å²) in [6, 6.07) is 13.3. The summed E-state index contributed by atoms with van der Waals surface area (Å²) < 4.78 is 0. The third-order valence-corrected chi connectivity index (χ3v) is 4.08. The molecule has 0 aliphatic rings. The van der Waals surface area contributed by atoms with Crippen LogP contribution in [0.4, 0.5) is 5.69 Å². The zero-order valence-corrected chi connectivity index (χ0v) is 14.2. The summed E-state index contributed by atoms with van der Waals surface area (Å²) in [6.07, 6.45) is 0.652. The van der Waals surface area contributed by atoms with Gasteiger partial charge in [-0.3, -0.25) is 9.59 Å². The van der Waals surface area contributed by atoms with Crippen molar-refractivity contribution in [2.24, 2.45) is 11.5 Å². The summed E-state index contributed by atoms with van der Waals surface area (Å²) in [4.78, 5) is 24.0. The van der Waals surface area contributed by atoms with E-state index in [9.17, 15) is 9.59 Å². The van der Waals surface area contributed by atoms with Crippen molar-refractivity contribution in [3.05, 3.63) is 65.2 Å². The first kappa shape index (κ1) is 18.5. The van der Waals surface area contributed by atoms with Gasteiger partial charge in [-0.15, -0.1) is 0 Å². The van der Waals surface area contributed by atoms with E-state index >= 15 is 0 Å². The Labute approximate surface area is 147 Å². The lowest BCUT2D eigenvalue weighted by atomic mass is 10.0. The standard InChI is InChI=1S/C19H24N4O2/c1-12-7-8-14(9-15(12)20)10-16(21)19(25)23-17(18(22)24)11-13-5-3-2-4-6-13/h2-9,16-17H,10-11,20-21H2,1H3,(H2,22,24)(H,23,25). The molecule has 0 aliphatic carbocycles. The van der Waals surface area contributed by atoms with Crippen LogP contribution in [0.2, 0.25) is 0 Å². The van der Waals surface area contributed by atoms with Crippen molar-refractivity contribution in [1.29, 1.82) is 0 Å². The summed E-state index contributed by atoms with van der Waals surface area (Å²) >= 11 is 0. The van der Waals surface area contributed by atoms with Gasteiger partial charge in [0.05, 0.1) is 6.04 Å². The Morgan fingerprint density at radius 2 is 1.72 bits per heavy atom. The van der Waals surface area contributed by atoms with E-state index in [1.165, 1.54) is 0 Å². The lowest BCUT2D eigenvalue weighted by Gasteiger charge is -2.19. The van der Waals surface area contributed by atoms with E-state index in [1.54, 1.807) is 6.07 Å². The fourth-order valence-corrected chi connectivity index (χ4v) is 2.51. The highest BCUT2D eigenvalue weighted by Gasteiger charge is 2.22. The number of primary amides is 1. The first-order chi connectivity index (χ1) is 11.9. The minimum absolute atomic E-state index is 0.326. The molecule has 6 heteroatoms. The lowest BCUT2D eigenvalue weighted by molar-refractivity contribution is -0.128. The maximum absolute atomic E-state index is 12.3. The second-order valence-corrected chi connectivity index (χ2v) is 6.15. The molecule has 7 N–H and O–H groups in total. The highest BCUT2D eigenvalue weighted by atomic mass is 16.2. The highest BCUT2D eigenvalue weighted by Crippen LogP contribution is 2.14. The number of aryl methyl sites for hydroxylation is 1. The van der Waals surface area contributed by atoms with Crippen molar-refractivity contribution < 1.29 is 9.59 Å². The number of carbonyl (C=O) groups is 2. The van der Waals surface area contributed by atoms with Crippen LogP contribution in [0.3, 0.4) is 0 Å². The zero-order chi connectivity index (χ0) is 18.4. The summed E-state index contributed by atoms with van der Waals surface area (Å²) in [5.41, 5.74) is 20.7. The van der Waals surface area contributed by atoms with Gasteiger partial charge in [0.2, 0.25) is 11.8 Å². The number of nitrogens with two attached hydrogens (primary N) is 3. The summed E-state index contributed by atoms with van der Waals surface area (Å²) in [5, 5.41) is 2.64. The number of nitrogen functional groups attached to an aromatic ring is 1.